The molecule has 1 spiro atoms. The van der Waals surface area contributed by atoms with Crippen molar-refractivity contribution in [3.05, 3.63) is 156 Å². The van der Waals surface area contributed by atoms with E-state index in [-0.39, 0.29) is 5.41 Å². The summed E-state index contributed by atoms with van der Waals surface area (Å²) < 4.78 is 6.15. The lowest BCUT2D eigenvalue weighted by Gasteiger charge is -2.30. The van der Waals surface area contributed by atoms with Gasteiger partial charge in [-0.05, 0) is 73.8 Å². The number of rotatable bonds is 1. The summed E-state index contributed by atoms with van der Waals surface area (Å²) in [6, 6.07) is 48.8. The van der Waals surface area contributed by atoms with Crippen LogP contribution in [0.15, 0.2) is 138 Å². The van der Waals surface area contributed by atoms with Crippen LogP contribution >= 0.6 is 0 Å². The number of para-hydroxylation sites is 1. The normalized spacial score (nSPS) is 14.0. The molecule has 7 aromatic rings. The van der Waals surface area contributed by atoms with Crippen LogP contribution in [0.2, 0.25) is 0 Å². The predicted molar refractivity (Wildman–Crippen MR) is 155 cm³/mol. The lowest BCUT2D eigenvalue weighted by atomic mass is 9.70. The molecule has 1 heterocycles. The summed E-state index contributed by atoms with van der Waals surface area (Å²) in [6.45, 7) is 0. The van der Waals surface area contributed by atoms with Gasteiger partial charge in [-0.15, -0.1) is 0 Å². The molecule has 1 nitrogen and oxygen atoms in total. The Kier molecular flexibility index (Phi) is 3.78. The van der Waals surface area contributed by atoms with Crippen molar-refractivity contribution in [2.45, 2.75) is 5.41 Å². The molecule has 6 aromatic carbocycles. The van der Waals surface area contributed by atoms with Crippen molar-refractivity contribution in [2.24, 2.45) is 0 Å². The third kappa shape index (κ3) is 2.33. The zero-order valence-electron chi connectivity index (χ0n) is 20.6. The summed E-state index contributed by atoms with van der Waals surface area (Å²) >= 11 is 0. The highest BCUT2D eigenvalue weighted by atomic mass is 16.3. The number of fused-ring (bicyclic) bond motifs is 13. The quantitative estimate of drug-likeness (QED) is 0.227. The molecule has 1 aromatic heterocycles. The number of hydrogen-bond acceptors (Lipinski definition) is 1. The Hall–Kier alpha value is -4.88. The fourth-order valence-electron chi connectivity index (χ4n) is 7.28. The Balaban J connectivity index is 1.40. The highest BCUT2D eigenvalue weighted by Crippen LogP contribution is 2.63. The molecule has 2 aliphatic carbocycles. The standard InChI is InChI=1S/C37H22O/c1-5-15-30-25(10-1)26-11-2-6-16-31(26)37(30)32-17-7-3-13-28(32)36-24(14-9-18-33(36)37)23-20-21-35-29(22-23)27-12-4-8-19-34(27)38-35/h1-22H. The Labute approximate surface area is 220 Å². The van der Waals surface area contributed by atoms with Gasteiger partial charge in [0.1, 0.15) is 11.2 Å². The summed E-state index contributed by atoms with van der Waals surface area (Å²) in [7, 11) is 0. The van der Waals surface area contributed by atoms with Gasteiger partial charge in [0.15, 0.2) is 0 Å². The van der Waals surface area contributed by atoms with Crippen molar-refractivity contribution < 1.29 is 4.42 Å². The minimum atomic E-state index is -0.318. The molecule has 9 rings (SSSR count). The van der Waals surface area contributed by atoms with Gasteiger partial charge in [0.25, 0.3) is 0 Å². The molecule has 0 saturated heterocycles. The van der Waals surface area contributed by atoms with Gasteiger partial charge in [0.2, 0.25) is 0 Å². The van der Waals surface area contributed by atoms with Crippen molar-refractivity contribution in [1.82, 2.24) is 0 Å². The van der Waals surface area contributed by atoms with Gasteiger partial charge in [0.05, 0.1) is 5.41 Å². The second-order valence-electron chi connectivity index (χ2n) is 10.4. The van der Waals surface area contributed by atoms with Crippen molar-refractivity contribution in [3.63, 3.8) is 0 Å². The molecule has 1 heteroatoms. The average molecular weight is 483 g/mol. The first kappa shape index (κ1) is 20.2. The van der Waals surface area contributed by atoms with Crippen LogP contribution < -0.4 is 0 Å². The monoisotopic (exact) mass is 482 g/mol. The van der Waals surface area contributed by atoms with E-state index in [1.807, 2.05) is 12.1 Å². The molecule has 2 aliphatic rings. The molecule has 0 saturated carbocycles. The van der Waals surface area contributed by atoms with E-state index in [0.717, 1.165) is 21.9 Å². The van der Waals surface area contributed by atoms with E-state index in [2.05, 4.69) is 121 Å². The molecule has 0 atom stereocenters. The van der Waals surface area contributed by atoms with E-state index in [1.165, 1.54) is 55.6 Å². The van der Waals surface area contributed by atoms with Gasteiger partial charge >= 0.3 is 0 Å². The Morgan fingerprint density at radius 1 is 0.395 bits per heavy atom. The zero-order valence-corrected chi connectivity index (χ0v) is 20.6. The minimum absolute atomic E-state index is 0.318. The van der Waals surface area contributed by atoms with Gasteiger partial charge in [-0.1, -0.05) is 115 Å². The van der Waals surface area contributed by atoms with Crippen LogP contribution in [0, 0.1) is 0 Å². The topological polar surface area (TPSA) is 13.1 Å². The van der Waals surface area contributed by atoms with Crippen molar-refractivity contribution in [3.8, 4) is 33.4 Å². The van der Waals surface area contributed by atoms with Gasteiger partial charge < -0.3 is 4.42 Å². The molecule has 176 valence electrons. The second kappa shape index (κ2) is 7.12. The Morgan fingerprint density at radius 2 is 0.947 bits per heavy atom. The smallest absolute Gasteiger partial charge is 0.135 e. The number of hydrogen-bond donors (Lipinski definition) is 0. The first-order valence-electron chi connectivity index (χ1n) is 13.2. The van der Waals surface area contributed by atoms with Crippen molar-refractivity contribution in [2.75, 3.05) is 0 Å². The molecule has 0 N–H and O–H groups in total. The van der Waals surface area contributed by atoms with Crippen LogP contribution in [0.1, 0.15) is 22.3 Å². The molecule has 0 fully saturated rings. The van der Waals surface area contributed by atoms with E-state index in [0.29, 0.717) is 0 Å². The fraction of sp³-hybridized carbons (Fsp3) is 0.0270. The minimum Gasteiger partial charge on any atom is -0.456 e. The third-order valence-corrected chi connectivity index (χ3v) is 8.71. The summed E-state index contributed by atoms with van der Waals surface area (Å²) in [4.78, 5) is 0. The lowest BCUT2D eigenvalue weighted by Crippen LogP contribution is -2.25. The largest absolute Gasteiger partial charge is 0.456 e. The molecule has 0 bridgehead atoms. The molecular formula is C37H22O. The van der Waals surface area contributed by atoms with Crippen LogP contribution in [0.4, 0.5) is 0 Å². The van der Waals surface area contributed by atoms with E-state index >= 15 is 0 Å². The van der Waals surface area contributed by atoms with Crippen LogP contribution in [0.25, 0.3) is 55.3 Å². The van der Waals surface area contributed by atoms with Gasteiger partial charge in [-0.25, -0.2) is 0 Å². The fourth-order valence-corrected chi connectivity index (χ4v) is 7.28. The van der Waals surface area contributed by atoms with Crippen LogP contribution in [-0.4, -0.2) is 0 Å². The van der Waals surface area contributed by atoms with Crippen LogP contribution in [0.5, 0.6) is 0 Å². The van der Waals surface area contributed by atoms with Gasteiger partial charge in [-0.2, -0.15) is 0 Å². The first-order valence-corrected chi connectivity index (χ1v) is 13.2. The summed E-state index contributed by atoms with van der Waals surface area (Å²) in [5, 5.41) is 2.32. The van der Waals surface area contributed by atoms with Crippen LogP contribution in [-0.2, 0) is 5.41 Å². The van der Waals surface area contributed by atoms with E-state index in [1.54, 1.807) is 0 Å². The first-order chi connectivity index (χ1) is 18.9. The third-order valence-electron chi connectivity index (χ3n) is 8.71. The molecular weight excluding hydrogens is 460 g/mol. The number of benzene rings is 6. The maximum atomic E-state index is 6.15. The van der Waals surface area contributed by atoms with Crippen molar-refractivity contribution >= 4 is 21.9 Å². The SMILES string of the molecule is c1ccc2c(c1)-c1ccccc1C21c2ccccc2-c2c(-c3ccc4oc5ccccc5c4c3)cccc21. The number of furan rings is 1. The average Bonchev–Trinajstić information content (AvgIpc) is 3.61. The maximum absolute atomic E-state index is 6.15. The zero-order chi connectivity index (χ0) is 24.8. The highest BCUT2D eigenvalue weighted by molar-refractivity contribution is 6.07. The van der Waals surface area contributed by atoms with Gasteiger partial charge in [-0.3, -0.25) is 0 Å². The predicted octanol–water partition coefficient (Wildman–Crippen LogP) is 9.60. The highest BCUT2D eigenvalue weighted by Gasteiger charge is 2.51. The summed E-state index contributed by atoms with van der Waals surface area (Å²) in [5.74, 6) is 0. The maximum Gasteiger partial charge on any atom is 0.135 e. The molecule has 0 radical (unpaired) electrons. The van der Waals surface area contributed by atoms with Crippen molar-refractivity contribution in [1.29, 1.82) is 0 Å². The molecule has 0 amide bonds. The lowest BCUT2D eigenvalue weighted by molar-refractivity contribution is 0.669. The van der Waals surface area contributed by atoms with E-state index in [4.69, 9.17) is 4.42 Å². The van der Waals surface area contributed by atoms with Crippen LogP contribution in [0.3, 0.4) is 0 Å². The molecule has 0 unspecified atom stereocenters. The molecule has 0 aliphatic heterocycles. The van der Waals surface area contributed by atoms with E-state index in [9.17, 15) is 0 Å². The summed E-state index contributed by atoms with van der Waals surface area (Å²) in [5.41, 5.74) is 14.8. The van der Waals surface area contributed by atoms with E-state index < -0.39 is 0 Å². The Morgan fingerprint density at radius 3 is 1.71 bits per heavy atom. The summed E-state index contributed by atoms with van der Waals surface area (Å²) in [6.07, 6.45) is 0. The molecule has 38 heavy (non-hydrogen) atoms. The Bertz CT molecular complexity index is 2050. The second-order valence-corrected chi connectivity index (χ2v) is 10.4. The van der Waals surface area contributed by atoms with Gasteiger partial charge in [0, 0.05) is 10.8 Å².